The number of nitrogens with two attached hydrogens (primary N) is 1. The summed E-state index contributed by atoms with van der Waals surface area (Å²) in [7, 11) is 0. The third-order valence-corrected chi connectivity index (χ3v) is 5.60. The molecule has 0 radical (unpaired) electrons. The Balaban J connectivity index is 1.70. The summed E-state index contributed by atoms with van der Waals surface area (Å²) in [6.07, 6.45) is 4.78. The van der Waals surface area contributed by atoms with Crippen LogP contribution in [0.4, 0.5) is 0 Å². The molecule has 0 fully saturated rings. The van der Waals surface area contributed by atoms with E-state index in [0.29, 0.717) is 5.92 Å². The zero-order valence-electron chi connectivity index (χ0n) is 12.4. The van der Waals surface area contributed by atoms with Crippen molar-refractivity contribution in [1.82, 2.24) is 0 Å². The quantitative estimate of drug-likeness (QED) is 0.872. The Hall–Kier alpha value is -1.12. The zero-order chi connectivity index (χ0) is 14.1. The third-order valence-electron chi connectivity index (χ3n) is 4.23. The van der Waals surface area contributed by atoms with Gasteiger partial charge in [-0.2, -0.15) is 0 Å². The highest BCUT2D eigenvalue weighted by atomic mass is 32.1. The topological polar surface area (TPSA) is 26.0 Å². The predicted octanol–water partition coefficient (Wildman–Crippen LogP) is 4.60. The van der Waals surface area contributed by atoms with Gasteiger partial charge in [-0.3, -0.25) is 0 Å². The molecular formula is C18H23NS. The van der Waals surface area contributed by atoms with Crippen molar-refractivity contribution in [3.05, 3.63) is 56.8 Å². The molecule has 1 aliphatic carbocycles. The summed E-state index contributed by atoms with van der Waals surface area (Å²) in [4.78, 5) is 2.94. The van der Waals surface area contributed by atoms with Gasteiger partial charge in [-0.15, -0.1) is 11.3 Å². The maximum atomic E-state index is 6.40. The number of aryl methyl sites for hydroxylation is 2. The van der Waals surface area contributed by atoms with Gasteiger partial charge in [0.15, 0.2) is 0 Å². The summed E-state index contributed by atoms with van der Waals surface area (Å²) >= 11 is 1.93. The highest BCUT2D eigenvalue weighted by Crippen LogP contribution is 2.34. The fraction of sp³-hybridized carbons (Fsp3) is 0.444. The van der Waals surface area contributed by atoms with Gasteiger partial charge in [0.2, 0.25) is 0 Å². The van der Waals surface area contributed by atoms with Gasteiger partial charge in [-0.1, -0.05) is 38.1 Å². The summed E-state index contributed by atoms with van der Waals surface area (Å²) in [5.41, 5.74) is 10.7. The Morgan fingerprint density at radius 3 is 2.55 bits per heavy atom. The number of fused-ring (bicyclic) bond motifs is 1. The van der Waals surface area contributed by atoms with E-state index < -0.39 is 0 Å². The average Bonchev–Trinajstić information content (AvgIpc) is 2.99. The van der Waals surface area contributed by atoms with Gasteiger partial charge in [-0.25, -0.2) is 0 Å². The molecule has 2 heteroatoms. The molecule has 3 rings (SSSR count). The number of hydrogen-bond acceptors (Lipinski definition) is 2. The van der Waals surface area contributed by atoms with Gasteiger partial charge in [0, 0.05) is 15.8 Å². The van der Waals surface area contributed by atoms with Crippen molar-refractivity contribution in [3.63, 3.8) is 0 Å². The lowest BCUT2D eigenvalue weighted by Gasteiger charge is -2.11. The van der Waals surface area contributed by atoms with Crippen molar-refractivity contribution < 1.29 is 0 Å². The molecule has 0 aliphatic heterocycles. The summed E-state index contributed by atoms with van der Waals surface area (Å²) in [5, 5.41) is 0. The van der Waals surface area contributed by atoms with E-state index in [2.05, 4.69) is 44.2 Å². The van der Waals surface area contributed by atoms with E-state index in [4.69, 9.17) is 5.73 Å². The number of hydrogen-bond donors (Lipinski definition) is 1. The SMILES string of the molecule is CC(C)c1ccc(CC(N)c2cc3c(s2)CCC3)cc1. The van der Waals surface area contributed by atoms with Crippen LogP contribution >= 0.6 is 11.3 Å². The number of benzene rings is 1. The first-order valence-electron chi connectivity index (χ1n) is 7.59. The zero-order valence-corrected chi connectivity index (χ0v) is 13.2. The van der Waals surface area contributed by atoms with Crippen LogP contribution in [0.5, 0.6) is 0 Å². The highest BCUT2D eigenvalue weighted by Gasteiger charge is 2.18. The van der Waals surface area contributed by atoms with E-state index in [-0.39, 0.29) is 6.04 Å². The molecule has 1 aromatic heterocycles. The summed E-state index contributed by atoms with van der Waals surface area (Å²) in [6.45, 7) is 4.46. The molecule has 20 heavy (non-hydrogen) atoms. The van der Waals surface area contributed by atoms with Crippen molar-refractivity contribution in [2.45, 2.75) is 51.5 Å². The van der Waals surface area contributed by atoms with Crippen LogP contribution in [0.3, 0.4) is 0 Å². The molecule has 1 nitrogen and oxygen atoms in total. The monoisotopic (exact) mass is 285 g/mol. The summed E-state index contributed by atoms with van der Waals surface area (Å²) in [5.74, 6) is 0.595. The Morgan fingerprint density at radius 1 is 1.15 bits per heavy atom. The van der Waals surface area contributed by atoms with Crippen LogP contribution in [0, 0.1) is 0 Å². The second-order valence-corrected chi connectivity index (χ2v) is 7.33. The summed E-state index contributed by atoms with van der Waals surface area (Å²) < 4.78 is 0. The van der Waals surface area contributed by atoms with Crippen LogP contribution in [0.25, 0.3) is 0 Å². The van der Waals surface area contributed by atoms with E-state index in [1.54, 1.807) is 10.4 Å². The molecular weight excluding hydrogens is 262 g/mol. The Labute approximate surface area is 125 Å². The number of rotatable bonds is 4. The van der Waals surface area contributed by atoms with E-state index in [1.165, 1.54) is 35.3 Å². The lowest BCUT2D eigenvalue weighted by molar-refractivity contribution is 0.734. The van der Waals surface area contributed by atoms with E-state index in [1.807, 2.05) is 11.3 Å². The van der Waals surface area contributed by atoms with E-state index in [9.17, 15) is 0 Å². The molecule has 2 aromatic rings. The molecule has 0 spiro atoms. The Kier molecular flexibility index (Phi) is 3.95. The first kappa shape index (κ1) is 13.8. The second-order valence-electron chi connectivity index (χ2n) is 6.16. The molecule has 1 aromatic carbocycles. The third kappa shape index (κ3) is 2.82. The maximum absolute atomic E-state index is 6.40. The predicted molar refractivity (Wildman–Crippen MR) is 87.5 cm³/mol. The molecule has 0 bridgehead atoms. The second kappa shape index (κ2) is 5.71. The highest BCUT2D eigenvalue weighted by molar-refractivity contribution is 7.12. The first-order valence-corrected chi connectivity index (χ1v) is 8.41. The largest absolute Gasteiger partial charge is 0.323 e. The first-order chi connectivity index (χ1) is 9.63. The summed E-state index contributed by atoms with van der Waals surface area (Å²) in [6, 6.07) is 11.4. The molecule has 1 heterocycles. The van der Waals surface area contributed by atoms with Crippen molar-refractivity contribution >= 4 is 11.3 Å². The average molecular weight is 285 g/mol. The van der Waals surface area contributed by atoms with E-state index >= 15 is 0 Å². The molecule has 1 unspecified atom stereocenters. The number of thiophene rings is 1. The van der Waals surface area contributed by atoms with Crippen LogP contribution in [-0.2, 0) is 19.3 Å². The van der Waals surface area contributed by atoms with Crippen LogP contribution in [0.2, 0.25) is 0 Å². The normalized spacial score (nSPS) is 15.6. The molecule has 0 amide bonds. The van der Waals surface area contributed by atoms with Crippen molar-refractivity contribution in [3.8, 4) is 0 Å². The smallest absolute Gasteiger partial charge is 0.0430 e. The van der Waals surface area contributed by atoms with Gasteiger partial charge in [-0.05, 0) is 54.4 Å². The molecule has 2 N–H and O–H groups in total. The molecule has 106 valence electrons. The van der Waals surface area contributed by atoms with Crippen molar-refractivity contribution in [1.29, 1.82) is 0 Å². The van der Waals surface area contributed by atoms with Gasteiger partial charge in [0.25, 0.3) is 0 Å². The molecule has 0 saturated heterocycles. The van der Waals surface area contributed by atoms with Crippen molar-refractivity contribution in [2.75, 3.05) is 0 Å². The Bertz CT molecular complexity index is 558. The van der Waals surface area contributed by atoms with E-state index in [0.717, 1.165) is 6.42 Å². The minimum absolute atomic E-state index is 0.149. The fourth-order valence-corrected chi connectivity index (χ4v) is 4.19. The molecule has 1 aliphatic rings. The molecule has 0 saturated carbocycles. The minimum atomic E-state index is 0.149. The van der Waals surface area contributed by atoms with Crippen LogP contribution in [0.15, 0.2) is 30.3 Å². The minimum Gasteiger partial charge on any atom is -0.323 e. The van der Waals surface area contributed by atoms with Gasteiger partial charge in [0.05, 0.1) is 0 Å². The lowest BCUT2D eigenvalue weighted by Crippen LogP contribution is -2.11. The van der Waals surface area contributed by atoms with Crippen LogP contribution < -0.4 is 5.73 Å². The molecule has 1 atom stereocenters. The van der Waals surface area contributed by atoms with Crippen molar-refractivity contribution in [2.24, 2.45) is 5.73 Å². The Morgan fingerprint density at radius 2 is 1.90 bits per heavy atom. The standard InChI is InChI=1S/C18H23NS/c1-12(2)14-8-6-13(7-9-14)10-16(19)18-11-15-4-3-5-17(15)20-18/h6-9,11-12,16H,3-5,10,19H2,1-2H3. The fourth-order valence-electron chi connectivity index (χ4n) is 2.93. The van der Waals surface area contributed by atoms with Crippen LogP contribution in [-0.4, -0.2) is 0 Å². The van der Waals surface area contributed by atoms with Gasteiger partial charge >= 0.3 is 0 Å². The van der Waals surface area contributed by atoms with Crippen LogP contribution in [0.1, 0.15) is 58.7 Å². The van der Waals surface area contributed by atoms with Gasteiger partial charge in [0.1, 0.15) is 0 Å². The maximum Gasteiger partial charge on any atom is 0.0430 e. The lowest BCUT2D eigenvalue weighted by atomic mass is 9.99. The van der Waals surface area contributed by atoms with Gasteiger partial charge < -0.3 is 5.73 Å².